The van der Waals surface area contributed by atoms with Crippen molar-refractivity contribution in [3.8, 4) is 22.9 Å². The zero-order valence-electron chi connectivity index (χ0n) is 12.3. The third-order valence-electron chi connectivity index (χ3n) is 3.42. The first-order chi connectivity index (χ1) is 11.1. The molecule has 0 bridgehead atoms. The second-order valence-electron chi connectivity index (χ2n) is 4.91. The van der Waals surface area contributed by atoms with Crippen LogP contribution < -0.4 is 10.3 Å². The molecule has 5 heteroatoms. The van der Waals surface area contributed by atoms with E-state index in [9.17, 15) is 14.9 Å². The van der Waals surface area contributed by atoms with Crippen LogP contribution in [0.2, 0.25) is 0 Å². The first-order valence-corrected chi connectivity index (χ1v) is 6.94. The number of rotatable bonds is 2. The quantitative estimate of drug-likeness (QED) is 0.682. The fraction of sp³-hybridized carbons (Fsp3) is 0.0556. The molecule has 0 saturated carbocycles. The Bertz CT molecular complexity index is 998. The number of nitriles is 1. The van der Waals surface area contributed by atoms with Crippen molar-refractivity contribution in [3.63, 3.8) is 0 Å². The average Bonchev–Trinajstić information content (AvgIpc) is 2.56. The topological polar surface area (TPSA) is 71.6 Å². The lowest BCUT2D eigenvalue weighted by Gasteiger charge is -2.13. The van der Waals surface area contributed by atoms with Gasteiger partial charge in [-0.25, -0.2) is 0 Å². The van der Waals surface area contributed by atoms with Crippen LogP contribution in [0, 0.1) is 11.3 Å². The van der Waals surface area contributed by atoms with Gasteiger partial charge in [-0.05, 0) is 17.7 Å². The van der Waals surface area contributed by atoms with Gasteiger partial charge in [0.15, 0.2) is 5.75 Å². The zero-order chi connectivity index (χ0) is 16.4. The van der Waals surface area contributed by atoms with E-state index in [1.54, 1.807) is 48.7 Å². The van der Waals surface area contributed by atoms with Crippen LogP contribution in [0.3, 0.4) is 0 Å². The maximum absolute atomic E-state index is 12.9. The molecule has 0 fully saturated rings. The van der Waals surface area contributed by atoms with Gasteiger partial charge in [0.25, 0.3) is 5.56 Å². The minimum atomic E-state index is -0.585. The molecule has 0 aliphatic rings. The van der Waals surface area contributed by atoms with Gasteiger partial charge < -0.3 is 4.74 Å². The number of carbonyl (C=O) groups is 1. The zero-order valence-corrected chi connectivity index (χ0v) is 12.3. The van der Waals surface area contributed by atoms with Crippen LogP contribution in [0.1, 0.15) is 12.5 Å². The third kappa shape index (κ3) is 2.47. The molecule has 0 radical (unpaired) electrons. The highest BCUT2D eigenvalue weighted by Crippen LogP contribution is 2.32. The lowest BCUT2D eigenvalue weighted by atomic mass is 10.0. The first-order valence-electron chi connectivity index (χ1n) is 6.94. The molecule has 2 heterocycles. The summed E-state index contributed by atoms with van der Waals surface area (Å²) in [7, 11) is 0. The fourth-order valence-corrected chi connectivity index (χ4v) is 2.50. The molecule has 0 spiro atoms. The van der Waals surface area contributed by atoms with Crippen molar-refractivity contribution >= 4 is 11.5 Å². The smallest absolute Gasteiger partial charge is 0.308 e. The molecule has 112 valence electrons. The number of nitrogens with zero attached hydrogens (tertiary/aromatic N) is 2. The summed E-state index contributed by atoms with van der Waals surface area (Å²) in [5.74, 6) is -0.583. The maximum Gasteiger partial charge on any atom is 0.308 e. The van der Waals surface area contributed by atoms with E-state index in [-0.39, 0.29) is 22.4 Å². The standard InChI is InChI=1S/C18H12N2O3/c1-12(21)23-17-14(11-19)15-9-5-6-10-20(15)18(22)16(17)13-7-3-2-4-8-13/h2-10H,1H3. The van der Waals surface area contributed by atoms with E-state index in [0.717, 1.165) is 0 Å². The van der Waals surface area contributed by atoms with Gasteiger partial charge in [-0.2, -0.15) is 5.26 Å². The van der Waals surface area contributed by atoms with Crippen LogP contribution in [-0.2, 0) is 4.79 Å². The van der Waals surface area contributed by atoms with E-state index in [1.165, 1.54) is 11.3 Å². The normalized spacial score (nSPS) is 10.3. The second kappa shape index (κ2) is 5.78. The average molecular weight is 304 g/mol. The molecule has 0 amide bonds. The van der Waals surface area contributed by atoms with E-state index < -0.39 is 5.97 Å². The molecule has 0 unspecified atom stereocenters. The first kappa shape index (κ1) is 14.5. The predicted molar refractivity (Wildman–Crippen MR) is 85.1 cm³/mol. The highest BCUT2D eigenvalue weighted by atomic mass is 16.5. The largest absolute Gasteiger partial charge is 0.424 e. The van der Waals surface area contributed by atoms with Crippen molar-refractivity contribution in [2.45, 2.75) is 6.92 Å². The van der Waals surface area contributed by atoms with Crippen LogP contribution in [0.5, 0.6) is 5.75 Å². The molecular formula is C18H12N2O3. The van der Waals surface area contributed by atoms with Crippen molar-refractivity contribution in [1.29, 1.82) is 5.26 Å². The number of pyridine rings is 2. The van der Waals surface area contributed by atoms with Crippen LogP contribution in [0.4, 0.5) is 0 Å². The van der Waals surface area contributed by atoms with Crippen LogP contribution in [0.25, 0.3) is 16.6 Å². The minimum Gasteiger partial charge on any atom is -0.424 e. The van der Waals surface area contributed by atoms with Gasteiger partial charge in [-0.15, -0.1) is 0 Å². The molecule has 0 saturated heterocycles. The minimum absolute atomic E-state index is 0.00222. The van der Waals surface area contributed by atoms with E-state index >= 15 is 0 Å². The number of fused-ring (bicyclic) bond motifs is 1. The molecule has 0 aliphatic heterocycles. The number of hydrogen-bond donors (Lipinski definition) is 0. The summed E-state index contributed by atoms with van der Waals surface area (Å²) < 4.78 is 6.62. The number of carbonyl (C=O) groups excluding carboxylic acids is 1. The summed E-state index contributed by atoms with van der Waals surface area (Å²) in [6, 6.07) is 15.9. The van der Waals surface area contributed by atoms with Gasteiger partial charge in [0, 0.05) is 13.1 Å². The lowest BCUT2D eigenvalue weighted by Crippen LogP contribution is -2.19. The highest BCUT2D eigenvalue weighted by molar-refractivity contribution is 5.83. The Kier molecular flexibility index (Phi) is 3.65. The Morgan fingerprint density at radius 3 is 2.48 bits per heavy atom. The molecule has 1 aromatic carbocycles. The van der Waals surface area contributed by atoms with Crippen LogP contribution >= 0.6 is 0 Å². The maximum atomic E-state index is 12.9. The number of aromatic nitrogens is 1. The number of benzene rings is 1. The number of hydrogen-bond acceptors (Lipinski definition) is 4. The summed E-state index contributed by atoms with van der Waals surface area (Å²) in [6.07, 6.45) is 1.59. The lowest BCUT2D eigenvalue weighted by molar-refractivity contribution is -0.131. The molecular weight excluding hydrogens is 292 g/mol. The van der Waals surface area contributed by atoms with Crippen LogP contribution in [-0.4, -0.2) is 10.4 Å². The van der Waals surface area contributed by atoms with Crippen molar-refractivity contribution < 1.29 is 9.53 Å². The Morgan fingerprint density at radius 2 is 1.83 bits per heavy atom. The molecule has 0 aliphatic carbocycles. The van der Waals surface area contributed by atoms with Crippen LogP contribution in [0.15, 0.2) is 59.5 Å². The van der Waals surface area contributed by atoms with Gasteiger partial charge in [-0.1, -0.05) is 36.4 Å². The molecule has 0 N–H and O–H groups in total. The van der Waals surface area contributed by atoms with E-state index in [4.69, 9.17) is 4.74 Å². The summed E-state index contributed by atoms with van der Waals surface area (Å²) in [4.78, 5) is 24.3. The summed E-state index contributed by atoms with van der Waals surface area (Å²) >= 11 is 0. The summed E-state index contributed by atoms with van der Waals surface area (Å²) in [5, 5.41) is 9.53. The molecule has 5 nitrogen and oxygen atoms in total. The van der Waals surface area contributed by atoms with Gasteiger partial charge in [-0.3, -0.25) is 14.0 Å². The highest BCUT2D eigenvalue weighted by Gasteiger charge is 2.21. The Hall–Kier alpha value is -3.39. The third-order valence-corrected chi connectivity index (χ3v) is 3.42. The Labute approximate surface area is 132 Å². The Morgan fingerprint density at radius 1 is 1.13 bits per heavy atom. The van der Waals surface area contributed by atoms with Crippen molar-refractivity contribution in [1.82, 2.24) is 4.40 Å². The summed E-state index contributed by atoms with van der Waals surface area (Å²) in [6.45, 7) is 1.24. The van der Waals surface area contributed by atoms with Crippen molar-refractivity contribution in [2.75, 3.05) is 0 Å². The van der Waals surface area contributed by atoms with E-state index in [0.29, 0.717) is 11.1 Å². The molecule has 3 aromatic rings. The monoisotopic (exact) mass is 304 g/mol. The van der Waals surface area contributed by atoms with Gasteiger partial charge in [0.05, 0.1) is 11.1 Å². The van der Waals surface area contributed by atoms with E-state index in [2.05, 4.69) is 0 Å². The van der Waals surface area contributed by atoms with Gasteiger partial charge >= 0.3 is 5.97 Å². The van der Waals surface area contributed by atoms with E-state index in [1.807, 2.05) is 12.1 Å². The predicted octanol–water partition coefficient (Wildman–Crippen LogP) is 2.76. The molecule has 3 rings (SSSR count). The van der Waals surface area contributed by atoms with Gasteiger partial charge in [0.1, 0.15) is 11.6 Å². The van der Waals surface area contributed by atoms with Crippen molar-refractivity contribution in [3.05, 3.63) is 70.6 Å². The number of esters is 1. The SMILES string of the molecule is CC(=O)Oc1c(-c2ccccc2)c(=O)n2ccccc2c1C#N. The van der Waals surface area contributed by atoms with Crippen molar-refractivity contribution in [2.24, 2.45) is 0 Å². The molecule has 23 heavy (non-hydrogen) atoms. The summed E-state index contributed by atoms with van der Waals surface area (Å²) in [5.41, 5.74) is 0.988. The molecule has 0 atom stereocenters. The fourth-order valence-electron chi connectivity index (χ4n) is 2.50. The number of ether oxygens (including phenoxy) is 1. The van der Waals surface area contributed by atoms with Gasteiger partial charge in [0.2, 0.25) is 0 Å². The molecule has 2 aromatic heterocycles. The second-order valence-corrected chi connectivity index (χ2v) is 4.91. The Balaban J connectivity index is 2.51.